The van der Waals surface area contributed by atoms with Gasteiger partial charge < -0.3 is 36.2 Å². The van der Waals surface area contributed by atoms with Crippen LogP contribution in [0.25, 0.3) is 11.1 Å². The van der Waals surface area contributed by atoms with E-state index in [-0.39, 0.29) is 38.6 Å². The molecule has 0 aromatic heterocycles. The van der Waals surface area contributed by atoms with Gasteiger partial charge in [0.25, 0.3) is 0 Å². The van der Waals surface area contributed by atoms with Crippen molar-refractivity contribution in [1.82, 2.24) is 15.1 Å². The van der Waals surface area contributed by atoms with Crippen LogP contribution < -0.4 is 11.1 Å². The molecule has 0 spiro atoms. The topological polar surface area (TPSA) is 139 Å². The molecule has 0 saturated carbocycles. The van der Waals surface area contributed by atoms with Crippen LogP contribution in [0.15, 0.2) is 42.5 Å². The molecule has 2 saturated heterocycles. The van der Waals surface area contributed by atoms with E-state index in [0.717, 1.165) is 5.56 Å². The first kappa shape index (κ1) is 27.8. The minimum Gasteiger partial charge on any atom is -0.465 e. The Morgan fingerprint density at radius 2 is 1.92 bits per heavy atom. The summed E-state index contributed by atoms with van der Waals surface area (Å²) in [4.78, 5) is 27.5. The first-order valence-corrected chi connectivity index (χ1v) is 13.1. The number of nitrogens with one attached hydrogen (secondary N) is 1. The van der Waals surface area contributed by atoms with E-state index >= 15 is 4.39 Å². The number of urea groups is 1. The van der Waals surface area contributed by atoms with Crippen LogP contribution in [-0.2, 0) is 5.60 Å². The molecule has 10 heteroatoms. The lowest BCUT2D eigenvalue weighted by atomic mass is 9.72. The summed E-state index contributed by atoms with van der Waals surface area (Å²) in [7, 11) is 0. The maximum atomic E-state index is 15.4. The van der Waals surface area contributed by atoms with E-state index in [1.54, 1.807) is 23.1 Å². The first-order valence-electron chi connectivity index (χ1n) is 13.1. The standard InChI is InChI=1S/C28H37FN4O5/c1-18-6-2-7-19(14-18)25-21(9-3-10-22(25)29)28(38,11-5-12-31-26(35)36)20-8-4-13-32(15-20)27(37)33-16-23(30)24(34)17-33/h2-3,6-7,9-10,14,20,23-24,31,34,38H,4-5,8,11-13,15-17,30H2,1H3,(H,35,36)/t20-,23-,24+,28+/m1/s1. The van der Waals surface area contributed by atoms with Gasteiger partial charge in [-0.3, -0.25) is 0 Å². The number of rotatable bonds is 7. The Kier molecular flexibility index (Phi) is 8.54. The van der Waals surface area contributed by atoms with E-state index in [9.17, 15) is 19.8 Å². The molecule has 2 aromatic carbocycles. The zero-order valence-corrected chi connectivity index (χ0v) is 21.6. The number of hydrogen-bond donors (Lipinski definition) is 5. The zero-order valence-electron chi connectivity index (χ0n) is 21.6. The monoisotopic (exact) mass is 528 g/mol. The predicted molar refractivity (Wildman–Crippen MR) is 141 cm³/mol. The lowest BCUT2D eigenvalue weighted by Gasteiger charge is -2.44. The van der Waals surface area contributed by atoms with Crippen molar-refractivity contribution in [2.24, 2.45) is 11.7 Å². The van der Waals surface area contributed by atoms with Gasteiger partial charge >= 0.3 is 12.1 Å². The molecule has 206 valence electrons. The van der Waals surface area contributed by atoms with Crippen molar-refractivity contribution >= 4 is 12.1 Å². The second kappa shape index (κ2) is 11.7. The smallest absolute Gasteiger partial charge is 0.404 e. The van der Waals surface area contributed by atoms with E-state index in [4.69, 9.17) is 10.8 Å². The number of piperidine rings is 1. The van der Waals surface area contributed by atoms with Crippen LogP contribution in [0.1, 0.15) is 36.8 Å². The first-order chi connectivity index (χ1) is 18.1. The van der Waals surface area contributed by atoms with E-state index in [2.05, 4.69) is 5.32 Å². The second-order valence-electron chi connectivity index (χ2n) is 10.5. The number of aliphatic hydroxyl groups is 2. The number of β-amino-alcohol motifs (C(OH)–C–C–N with tert-alkyl or cyclic N) is 1. The highest BCUT2D eigenvalue weighted by Crippen LogP contribution is 2.44. The minimum atomic E-state index is -1.53. The quantitative estimate of drug-likeness (QED) is 0.350. The van der Waals surface area contributed by atoms with E-state index in [1.807, 2.05) is 25.1 Å². The van der Waals surface area contributed by atoms with Gasteiger partial charge in [-0.2, -0.15) is 0 Å². The molecule has 0 aliphatic carbocycles. The Morgan fingerprint density at radius 1 is 1.16 bits per heavy atom. The number of carboxylic acid groups (broad SMARTS) is 1. The number of carbonyl (C=O) groups is 2. The fourth-order valence-electron chi connectivity index (χ4n) is 5.80. The molecule has 0 bridgehead atoms. The van der Waals surface area contributed by atoms with Gasteiger partial charge in [-0.25, -0.2) is 14.0 Å². The predicted octanol–water partition coefficient (Wildman–Crippen LogP) is 2.87. The summed E-state index contributed by atoms with van der Waals surface area (Å²) >= 11 is 0. The van der Waals surface area contributed by atoms with Crippen molar-refractivity contribution in [2.75, 3.05) is 32.7 Å². The van der Waals surface area contributed by atoms with E-state index < -0.39 is 35.6 Å². The molecule has 2 fully saturated rings. The van der Waals surface area contributed by atoms with Crippen LogP contribution in [-0.4, -0.2) is 82.1 Å². The summed E-state index contributed by atoms with van der Waals surface area (Å²) < 4.78 is 15.4. The van der Waals surface area contributed by atoms with Crippen molar-refractivity contribution in [3.63, 3.8) is 0 Å². The zero-order chi connectivity index (χ0) is 27.4. The summed E-state index contributed by atoms with van der Waals surface area (Å²) in [6, 6.07) is 11.4. The molecule has 2 heterocycles. The summed E-state index contributed by atoms with van der Waals surface area (Å²) in [6.45, 7) is 3.21. The van der Waals surface area contributed by atoms with Crippen LogP contribution in [0, 0.1) is 18.7 Å². The molecule has 6 N–H and O–H groups in total. The lowest BCUT2D eigenvalue weighted by Crippen LogP contribution is -2.52. The molecular weight excluding hydrogens is 491 g/mol. The van der Waals surface area contributed by atoms with Gasteiger partial charge in [-0.05, 0) is 49.8 Å². The molecule has 4 rings (SSSR count). The highest BCUT2D eigenvalue weighted by Gasteiger charge is 2.44. The number of likely N-dealkylation sites (tertiary alicyclic amines) is 2. The number of nitrogens with zero attached hydrogens (tertiary/aromatic N) is 2. The van der Waals surface area contributed by atoms with Gasteiger partial charge in [0.2, 0.25) is 0 Å². The molecule has 2 aliphatic heterocycles. The summed E-state index contributed by atoms with van der Waals surface area (Å²) in [5.74, 6) is -0.879. The SMILES string of the molecule is Cc1cccc(-c2c(F)cccc2[C@](O)(CCCNC(=O)O)[C@@H]2CCCN(C(=O)N3C[C@@H](N)[C@@H](O)C3)C2)c1. The van der Waals surface area contributed by atoms with Gasteiger partial charge in [0, 0.05) is 50.2 Å². The Morgan fingerprint density at radius 3 is 2.61 bits per heavy atom. The third-order valence-corrected chi connectivity index (χ3v) is 7.77. The highest BCUT2D eigenvalue weighted by molar-refractivity contribution is 5.75. The van der Waals surface area contributed by atoms with Gasteiger partial charge in [-0.1, -0.05) is 42.0 Å². The Hall–Kier alpha value is -3.21. The van der Waals surface area contributed by atoms with Gasteiger partial charge in [0.1, 0.15) is 5.82 Å². The number of halogens is 1. The molecule has 2 aliphatic rings. The Balaban J connectivity index is 1.68. The minimum absolute atomic E-state index is 0.131. The normalized spacial score (nSPS) is 23.2. The van der Waals surface area contributed by atoms with Gasteiger partial charge in [0.05, 0.1) is 11.7 Å². The molecule has 2 aromatic rings. The number of hydrogen-bond acceptors (Lipinski definition) is 5. The second-order valence-corrected chi connectivity index (χ2v) is 10.5. The van der Waals surface area contributed by atoms with Gasteiger partial charge in [0.15, 0.2) is 0 Å². The van der Waals surface area contributed by atoms with Crippen molar-refractivity contribution in [1.29, 1.82) is 0 Å². The van der Waals surface area contributed by atoms with E-state index in [1.165, 1.54) is 11.0 Å². The van der Waals surface area contributed by atoms with Crippen LogP contribution in [0.4, 0.5) is 14.0 Å². The fourth-order valence-corrected chi connectivity index (χ4v) is 5.80. The van der Waals surface area contributed by atoms with Crippen molar-refractivity contribution in [2.45, 2.75) is 50.4 Å². The summed E-state index contributed by atoms with van der Waals surface area (Å²) in [6.07, 6.45) is -0.176. The average molecular weight is 529 g/mol. The molecule has 0 radical (unpaired) electrons. The number of benzene rings is 2. The number of amides is 3. The molecular formula is C28H37FN4O5. The fraction of sp³-hybridized carbons (Fsp3) is 0.500. The molecule has 9 nitrogen and oxygen atoms in total. The number of carbonyl (C=O) groups excluding carboxylic acids is 1. The van der Waals surface area contributed by atoms with Gasteiger partial charge in [-0.15, -0.1) is 0 Å². The maximum absolute atomic E-state index is 15.4. The van der Waals surface area contributed by atoms with Crippen LogP contribution in [0.2, 0.25) is 0 Å². The Labute approximate surface area is 222 Å². The van der Waals surface area contributed by atoms with Crippen molar-refractivity contribution in [3.8, 4) is 11.1 Å². The van der Waals surface area contributed by atoms with E-state index in [0.29, 0.717) is 42.5 Å². The van der Waals surface area contributed by atoms with Crippen LogP contribution in [0.3, 0.4) is 0 Å². The lowest BCUT2D eigenvalue weighted by molar-refractivity contribution is -0.0562. The summed E-state index contributed by atoms with van der Waals surface area (Å²) in [5, 5.41) is 33.8. The molecule has 38 heavy (non-hydrogen) atoms. The average Bonchev–Trinajstić information content (AvgIpc) is 3.23. The number of aliphatic hydroxyl groups excluding tert-OH is 1. The molecule has 4 atom stereocenters. The van der Waals surface area contributed by atoms with Crippen LogP contribution in [0.5, 0.6) is 0 Å². The highest BCUT2D eigenvalue weighted by atomic mass is 19.1. The third-order valence-electron chi connectivity index (χ3n) is 7.77. The molecule has 3 amide bonds. The van der Waals surface area contributed by atoms with Crippen molar-refractivity contribution < 1.29 is 29.3 Å². The van der Waals surface area contributed by atoms with Crippen molar-refractivity contribution in [3.05, 3.63) is 59.4 Å². The molecule has 0 unspecified atom stereocenters. The summed E-state index contributed by atoms with van der Waals surface area (Å²) in [5.41, 5.74) is 6.71. The maximum Gasteiger partial charge on any atom is 0.404 e. The largest absolute Gasteiger partial charge is 0.465 e. The Bertz CT molecular complexity index is 1150. The number of aryl methyl sites for hydroxylation is 1. The number of nitrogens with two attached hydrogens (primary N) is 1. The van der Waals surface area contributed by atoms with Crippen LogP contribution >= 0.6 is 0 Å². The third kappa shape index (κ3) is 5.92.